The van der Waals surface area contributed by atoms with Gasteiger partial charge in [-0.3, -0.25) is 48.1 Å². The molecule has 0 aromatic heterocycles. The molecule has 1 saturated heterocycles. The van der Waals surface area contributed by atoms with Crippen molar-refractivity contribution in [2.24, 2.45) is 23.2 Å². The van der Waals surface area contributed by atoms with E-state index >= 15 is 0 Å². The highest BCUT2D eigenvalue weighted by molar-refractivity contribution is 6.14. The van der Waals surface area contributed by atoms with Crippen molar-refractivity contribution in [2.75, 3.05) is 73.9 Å². The van der Waals surface area contributed by atoms with Gasteiger partial charge in [-0.05, 0) is 90.6 Å². The second kappa shape index (κ2) is 27.4. The van der Waals surface area contributed by atoms with E-state index in [0.29, 0.717) is 44.6 Å². The second-order valence-electron chi connectivity index (χ2n) is 20.7. The maximum atomic E-state index is 14.4. The molecule has 9 atom stereocenters. The monoisotopic (exact) mass is 1010 g/mol. The van der Waals surface area contributed by atoms with Crippen molar-refractivity contribution >= 4 is 58.9 Å². The van der Waals surface area contributed by atoms with Crippen molar-refractivity contribution in [1.82, 2.24) is 40.4 Å². The maximum Gasteiger partial charge on any atom is 0.254 e. The number of carbonyl (C=O) groups excluding carboxylic acids is 9. The number of methoxy groups -OCH3 is 2. The maximum absolute atomic E-state index is 14.4. The Hall–Kier alpha value is -5.73. The van der Waals surface area contributed by atoms with Gasteiger partial charge >= 0.3 is 0 Å². The smallest absolute Gasteiger partial charge is 0.254 e. The van der Waals surface area contributed by atoms with Crippen LogP contribution in [0.1, 0.15) is 93.6 Å². The first-order valence-electron chi connectivity index (χ1n) is 25.0. The summed E-state index contributed by atoms with van der Waals surface area (Å²) in [5, 5.41) is 10.8. The van der Waals surface area contributed by atoms with E-state index < -0.39 is 83.8 Å². The average Bonchev–Trinajstić information content (AvgIpc) is 3.93. The number of ether oxygens (including phenoxy) is 2. The summed E-state index contributed by atoms with van der Waals surface area (Å²) in [6, 6.07) is 3.37. The number of hydrogen-bond acceptors (Lipinski definition) is 12. The minimum Gasteiger partial charge on any atom is -0.379 e. The van der Waals surface area contributed by atoms with E-state index in [9.17, 15) is 43.2 Å². The number of nitrogens with one attached hydrogen (secondary N) is 4. The molecule has 2 heterocycles. The van der Waals surface area contributed by atoms with Crippen molar-refractivity contribution in [2.45, 2.75) is 137 Å². The van der Waals surface area contributed by atoms with Crippen LogP contribution in [-0.4, -0.2) is 189 Å². The number of anilines is 1. The lowest BCUT2D eigenvalue weighted by Crippen LogP contribution is -2.59. The van der Waals surface area contributed by atoms with Crippen LogP contribution in [0.2, 0.25) is 0 Å². The third-order valence-electron chi connectivity index (χ3n) is 13.8. The molecule has 1 aromatic rings. The molecule has 402 valence electrons. The molecular formula is C52H83N9O11. The van der Waals surface area contributed by atoms with Crippen LogP contribution in [0.5, 0.6) is 0 Å². The molecule has 1 fully saturated rings. The average molecular weight is 1010 g/mol. The van der Waals surface area contributed by atoms with Gasteiger partial charge in [-0.2, -0.15) is 0 Å². The van der Waals surface area contributed by atoms with Gasteiger partial charge < -0.3 is 50.3 Å². The van der Waals surface area contributed by atoms with Crippen LogP contribution in [0.4, 0.5) is 5.69 Å². The molecule has 0 unspecified atom stereocenters. The topological polar surface area (TPSA) is 236 Å². The van der Waals surface area contributed by atoms with Gasteiger partial charge in [0.15, 0.2) is 0 Å². The van der Waals surface area contributed by atoms with Gasteiger partial charge in [-0.15, -0.1) is 0 Å². The first kappa shape index (κ1) is 60.6. The third-order valence-corrected chi connectivity index (χ3v) is 13.8. The Bertz CT molecular complexity index is 2110. The van der Waals surface area contributed by atoms with Crippen LogP contribution in [0, 0.1) is 23.2 Å². The molecule has 9 amide bonds. The summed E-state index contributed by atoms with van der Waals surface area (Å²) < 4.78 is 12.1. The second-order valence-corrected chi connectivity index (χ2v) is 20.7. The molecule has 72 heavy (non-hydrogen) atoms. The van der Waals surface area contributed by atoms with Gasteiger partial charge in [0.2, 0.25) is 41.4 Å². The van der Waals surface area contributed by atoms with Crippen molar-refractivity contribution in [3.8, 4) is 0 Å². The number of carbonyl (C=O) groups is 9. The van der Waals surface area contributed by atoms with Gasteiger partial charge in [0, 0.05) is 65.8 Å². The highest BCUT2D eigenvalue weighted by Gasteiger charge is 2.44. The summed E-state index contributed by atoms with van der Waals surface area (Å²) in [5.74, 6) is -4.83. The zero-order valence-corrected chi connectivity index (χ0v) is 45.3. The molecule has 20 heteroatoms. The Morgan fingerprint density at radius 3 is 2.03 bits per heavy atom. The van der Waals surface area contributed by atoms with E-state index in [0.717, 1.165) is 29.0 Å². The highest BCUT2D eigenvalue weighted by Crippen LogP contribution is 2.30. The van der Waals surface area contributed by atoms with Crippen LogP contribution >= 0.6 is 0 Å². The van der Waals surface area contributed by atoms with E-state index in [1.165, 1.54) is 13.8 Å². The molecule has 1 aromatic carbocycles. The fourth-order valence-electron chi connectivity index (χ4n) is 9.53. The zero-order chi connectivity index (χ0) is 54.4. The Morgan fingerprint density at radius 1 is 0.833 bits per heavy atom. The summed E-state index contributed by atoms with van der Waals surface area (Å²) in [5.41, 5.74) is 0.556. The van der Waals surface area contributed by atoms with E-state index in [2.05, 4.69) is 21.3 Å². The predicted octanol–water partition coefficient (Wildman–Crippen LogP) is 2.21. The van der Waals surface area contributed by atoms with Crippen molar-refractivity contribution < 1.29 is 52.6 Å². The molecule has 0 bridgehead atoms. The van der Waals surface area contributed by atoms with Crippen molar-refractivity contribution in [3.63, 3.8) is 0 Å². The van der Waals surface area contributed by atoms with E-state index in [4.69, 9.17) is 9.47 Å². The molecule has 20 nitrogen and oxygen atoms in total. The lowest BCUT2D eigenvalue weighted by Gasteiger charge is -2.41. The minimum absolute atomic E-state index is 0.00805. The lowest BCUT2D eigenvalue weighted by molar-refractivity contribution is -0.149. The van der Waals surface area contributed by atoms with Crippen LogP contribution in [0.25, 0.3) is 0 Å². The highest BCUT2D eigenvalue weighted by atomic mass is 16.5. The lowest BCUT2D eigenvalue weighted by atomic mass is 9.88. The number of amides is 9. The molecule has 0 aliphatic carbocycles. The molecular weight excluding hydrogens is 927 g/mol. The first-order chi connectivity index (χ1) is 33.7. The summed E-state index contributed by atoms with van der Waals surface area (Å²) in [7, 11) is 10.3. The quantitative estimate of drug-likeness (QED) is 0.0930. The number of hydrogen-bond donors (Lipinski definition) is 4. The van der Waals surface area contributed by atoms with Gasteiger partial charge in [-0.1, -0.05) is 53.2 Å². The predicted molar refractivity (Wildman–Crippen MR) is 273 cm³/mol. The molecule has 0 saturated carbocycles. The van der Waals surface area contributed by atoms with Crippen LogP contribution in [0.15, 0.2) is 36.4 Å². The summed E-state index contributed by atoms with van der Waals surface area (Å²) in [6.07, 6.45) is 3.33. The summed E-state index contributed by atoms with van der Waals surface area (Å²) in [6.45, 7) is 17.0. The standard InChI is InChI=1S/C52H83N9O11/c1-16-32(4)45(59(13)50(69)44(31(2)3)56-51(70)52(8,9)30-57(10)11)39(71-14)28-43(65)60-25-18-21-38(60)46(72-15)33(5)49(68)58(12)26-24-36-19-17-20-37(27-36)55-48(67)35(7)54-47(66)34(6)53-40(62)29-61-41(63)22-23-42(61)64/h17,19-20,22-23,27,31-35,38-39,44-46H,16,18,21,24-26,28-30H2,1-15H3,(H,53,62)(H,54,66)(H,55,67)(H,56,70)/t32-,33+,34-,35-,38-,39+,44-,45-,46+/m0/s1. The van der Waals surface area contributed by atoms with E-state index in [-0.39, 0.29) is 47.9 Å². The number of benzene rings is 1. The van der Waals surface area contributed by atoms with E-state index in [1.54, 1.807) is 68.1 Å². The van der Waals surface area contributed by atoms with Crippen molar-refractivity contribution in [3.05, 3.63) is 42.0 Å². The Morgan fingerprint density at radius 2 is 1.46 bits per heavy atom. The van der Waals surface area contributed by atoms with Gasteiger partial charge in [0.05, 0.1) is 42.0 Å². The largest absolute Gasteiger partial charge is 0.379 e. The zero-order valence-electron chi connectivity index (χ0n) is 45.3. The fraction of sp³-hybridized carbons (Fsp3) is 0.673. The molecule has 0 spiro atoms. The van der Waals surface area contributed by atoms with Crippen molar-refractivity contribution in [1.29, 1.82) is 0 Å². The number of likely N-dealkylation sites (N-methyl/N-ethyl adjacent to an activating group) is 2. The van der Waals surface area contributed by atoms with Gasteiger partial charge in [0.1, 0.15) is 24.7 Å². The molecule has 3 rings (SSSR count). The summed E-state index contributed by atoms with van der Waals surface area (Å²) in [4.78, 5) is 126. The molecule has 0 radical (unpaired) electrons. The Labute approximate surface area is 426 Å². The van der Waals surface area contributed by atoms with E-state index in [1.807, 2.05) is 66.6 Å². The first-order valence-corrected chi connectivity index (χ1v) is 25.0. The molecule has 4 N–H and O–H groups in total. The summed E-state index contributed by atoms with van der Waals surface area (Å²) >= 11 is 0. The Kier molecular flexibility index (Phi) is 23.0. The molecule has 2 aliphatic rings. The van der Waals surface area contributed by atoms with Gasteiger partial charge in [0.25, 0.3) is 11.8 Å². The molecule has 2 aliphatic heterocycles. The number of rotatable bonds is 27. The van der Waals surface area contributed by atoms with Crippen LogP contribution < -0.4 is 21.3 Å². The number of likely N-dealkylation sites (tertiary alicyclic amines) is 1. The van der Waals surface area contributed by atoms with Gasteiger partial charge in [-0.25, -0.2) is 0 Å². The van der Waals surface area contributed by atoms with Crippen LogP contribution in [0.3, 0.4) is 0 Å². The number of imide groups is 1. The fourth-order valence-corrected chi connectivity index (χ4v) is 9.53. The normalized spacial score (nSPS) is 18.2. The number of nitrogens with zero attached hydrogens (tertiary/aromatic N) is 5. The third kappa shape index (κ3) is 16.4. The minimum atomic E-state index is -1.07. The van der Waals surface area contributed by atoms with Crippen LogP contribution in [-0.2, 0) is 59.0 Å². The SMILES string of the molecule is CC[C@H](C)[C@@H]([C@@H](CC(=O)N1CCC[C@H]1[C@H](OC)[C@@H](C)C(=O)N(C)CCc1cccc(NC(=O)[C@H](C)NC(=O)[C@H](C)NC(=O)CN2C(=O)C=CC2=O)c1)OC)N(C)C(=O)[C@@H](NC(=O)C(C)(C)CN(C)C)C(C)C. The Balaban J connectivity index is 1.62.